The van der Waals surface area contributed by atoms with Crippen LogP contribution in [0.5, 0.6) is 0 Å². The van der Waals surface area contributed by atoms with Crippen molar-refractivity contribution >= 4 is 17.5 Å². The summed E-state index contributed by atoms with van der Waals surface area (Å²) in [5.74, 6) is 0.391. The Labute approximate surface area is 187 Å². The summed E-state index contributed by atoms with van der Waals surface area (Å²) in [4.78, 5) is 29.0. The van der Waals surface area contributed by atoms with Crippen molar-refractivity contribution in [1.29, 1.82) is 0 Å². The number of amides is 2. The Kier molecular flexibility index (Phi) is 5.58. The van der Waals surface area contributed by atoms with Crippen LogP contribution in [0.3, 0.4) is 0 Å². The highest BCUT2D eigenvalue weighted by Gasteiger charge is 2.45. The van der Waals surface area contributed by atoms with E-state index >= 15 is 0 Å². The Hall–Kier alpha value is -2.94. The van der Waals surface area contributed by atoms with Gasteiger partial charge in [0.05, 0.1) is 18.7 Å². The molecule has 4 N–H and O–H groups in total. The number of anilines is 1. The largest absolute Gasteiger partial charge is 0.399 e. The highest BCUT2D eigenvalue weighted by atomic mass is 16.2. The van der Waals surface area contributed by atoms with Crippen molar-refractivity contribution in [2.24, 2.45) is 23.5 Å². The number of rotatable bonds is 5. The fourth-order valence-electron chi connectivity index (χ4n) is 5.66. The summed E-state index contributed by atoms with van der Waals surface area (Å²) in [6, 6.07) is 8.04. The van der Waals surface area contributed by atoms with Crippen molar-refractivity contribution in [3.05, 3.63) is 30.5 Å². The molecule has 5 heterocycles. The molecule has 0 spiro atoms. The summed E-state index contributed by atoms with van der Waals surface area (Å²) in [5, 5.41) is 8.66. The lowest BCUT2D eigenvalue weighted by atomic mass is 9.74. The van der Waals surface area contributed by atoms with Crippen LogP contribution >= 0.6 is 0 Å². The van der Waals surface area contributed by atoms with Gasteiger partial charge in [0.1, 0.15) is 5.69 Å². The third-order valence-electron chi connectivity index (χ3n) is 7.52. The van der Waals surface area contributed by atoms with E-state index in [2.05, 4.69) is 15.2 Å². The third-order valence-corrected chi connectivity index (χ3v) is 7.52. The molecule has 170 valence electrons. The highest BCUT2D eigenvalue weighted by Crippen LogP contribution is 2.38. The average molecular weight is 438 g/mol. The number of fused-ring (bicyclic) bond motifs is 3. The molecule has 1 aromatic heterocycles. The van der Waals surface area contributed by atoms with Gasteiger partial charge in [-0.2, -0.15) is 0 Å². The van der Waals surface area contributed by atoms with E-state index in [1.54, 1.807) is 0 Å². The van der Waals surface area contributed by atoms with Crippen LogP contribution < -0.4 is 11.5 Å². The second kappa shape index (κ2) is 8.54. The first kappa shape index (κ1) is 20.9. The SMILES string of the molecule is NC(=O)C1CCN(C(=O)[C@H]2CN3CC[C@H]2C[C@@H]3Cn2cc(-c3cccc(N)c3)nn2)CC1. The normalized spacial score (nSPS) is 28.1. The van der Waals surface area contributed by atoms with E-state index in [9.17, 15) is 9.59 Å². The number of hydrogen-bond acceptors (Lipinski definition) is 6. The van der Waals surface area contributed by atoms with Crippen LogP contribution in [0.4, 0.5) is 5.69 Å². The zero-order valence-corrected chi connectivity index (χ0v) is 18.3. The van der Waals surface area contributed by atoms with Crippen molar-refractivity contribution in [3.8, 4) is 11.3 Å². The van der Waals surface area contributed by atoms with Gasteiger partial charge in [0.25, 0.3) is 0 Å². The summed E-state index contributed by atoms with van der Waals surface area (Å²) in [6.45, 7) is 3.90. The molecule has 1 aromatic carbocycles. The van der Waals surface area contributed by atoms with Gasteiger partial charge in [0.15, 0.2) is 0 Å². The highest BCUT2D eigenvalue weighted by molar-refractivity contribution is 5.81. The number of aromatic nitrogens is 3. The van der Waals surface area contributed by atoms with Crippen molar-refractivity contribution in [2.75, 3.05) is 31.9 Å². The molecule has 6 rings (SSSR count). The van der Waals surface area contributed by atoms with E-state index in [0.29, 0.717) is 43.6 Å². The lowest BCUT2D eigenvalue weighted by Gasteiger charge is -2.50. The molecule has 4 saturated heterocycles. The zero-order valence-electron chi connectivity index (χ0n) is 18.3. The fraction of sp³-hybridized carbons (Fsp3) is 0.565. The van der Waals surface area contributed by atoms with E-state index in [-0.39, 0.29) is 23.7 Å². The van der Waals surface area contributed by atoms with Gasteiger partial charge in [-0.3, -0.25) is 19.2 Å². The number of nitrogens with zero attached hydrogens (tertiary/aromatic N) is 5. The van der Waals surface area contributed by atoms with Crippen molar-refractivity contribution in [1.82, 2.24) is 24.8 Å². The van der Waals surface area contributed by atoms with Gasteiger partial charge in [0.2, 0.25) is 11.8 Å². The molecule has 4 aliphatic rings. The van der Waals surface area contributed by atoms with Crippen LogP contribution in [0.1, 0.15) is 25.7 Å². The minimum Gasteiger partial charge on any atom is -0.399 e. The van der Waals surface area contributed by atoms with E-state index in [1.165, 1.54) is 0 Å². The topological polar surface area (TPSA) is 123 Å². The van der Waals surface area contributed by atoms with E-state index in [0.717, 1.165) is 43.7 Å². The minimum absolute atomic E-state index is 0.0590. The van der Waals surface area contributed by atoms with Crippen molar-refractivity contribution < 1.29 is 9.59 Å². The van der Waals surface area contributed by atoms with E-state index in [4.69, 9.17) is 11.5 Å². The van der Waals surface area contributed by atoms with E-state index in [1.807, 2.05) is 40.0 Å². The molecular formula is C23H31N7O2. The summed E-state index contributed by atoms with van der Waals surface area (Å²) in [6.07, 6.45) is 5.42. The van der Waals surface area contributed by atoms with Gasteiger partial charge >= 0.3 is 0 Å². The second-order valence-corrected chi connectivity index (χ2v) is 9.49. The molecule has 2 amide bonds. The molecule has 4 aliphatic heterocycles. The average Bonchev–Trinajstić information content (AvgIpc) is 3.27. The van der Waals surface area contributed by atoms with Gasteiger partial charge < -0.3 is 16.4 Å². The maximum absolute atomic E-state index is 13.2. The Morgan fingerprint density at radius 1 is 1.12 bits per heavy atom. The van der Waals surface area contributed by atoms with Gasteiger partial charge in [0, 0.05) is 42.8 Å². The monoisotopic (exact) mass is 437 g/mol. The van der Waals surface area contributed by atoms with Gasteiger partial charge in [-0.25, -0.2) is 0 Å². The van der Waals surface area contributed by atoms with Crippen molar-refractivity contribution in [3.63, 3.8) is 0 Å². The van der Waals surface area contributed by atoms with Crippen LogP contribution in [0.25, 0.3) is 11.3 Å². The molecule has 4 atom stereocenters. The minimum atomic E-state index is -0.241. The molecule has 1 unspecified atom stereocenters. The van der Waals surface area contributed by atoms with Crippen LogP contribution in [0.2, 0.25) is 0 Å². The summed E-state index contributed by atoms with van der Waals surface area (Å²) in [7, 11) is 0. The van der Waals surface area contributed by atoms with Crippen LogP contribution in [0.15, 0.2) is 30.5 Å². The van der Waals surface area contributed by atoms with Crippen LogP contribution in [-0.4, -0.2) is 68.8 Å². The molecular weight excluding hydrogens is 406 g/mol. The number of piperidine rings is 4. The maximum atomic E-state index is 13.2. The number of hydrogen-bond donors (Lipinski definition) is 2. The summed E-state index contributed by atoms with van der Waals surface area (Å²) >= 11 is 0. The van der Waals surface area contributed by atoms with Gasteiger partial charge in [-0.05, 0) is 50.3 Å². The number of benzene rings is 1. The predicted octanol–water partition coefficient (Wildman–Crippen LogP) is 0.962. The number of nitrogen functional groups attached to an aromatic ring is 1. The predicted molar refractivity (Wildman–Crippen MR) is 120 cm³/mol. The molecule has 32 heavy (non-hydrogen) atoms. The third kappa shape index (κ3) is 4.09. The van der Waals surface area contributed by atoms with E-state index < -0.39 is 0 Å². The first-order chi connectivity index (χ1) is 15.5. The zero-order chi connectivity index (χ0) is 22.2. The van der Waals surface area contributed by atoms with Gasteiger partial charge in [-0.1, -0.05) is 17.3 Å². The first-order valence-electron chi connectivity index (χ1n) is 11.6. The standard InChI is InChI=1S/C23H31N7O2/c24-18-3-1-2-17(10-18)21-14-30(27-26-21)12-19-11-16-6-9-29(19)13-20(16)23(32)28-7-4-15(5-8-28)22(25)31/h1-3,10,14-16,19-20H,4-9,11-13,24H2,(H2,25,31)/t16-,19+,20-/m0/s1. The van der Waals surface area contributed by atoms with Gasteiger partial charge in [-0.15, -0.1) is 5.10 Å². The molecule has 4 fully saturated rings. The fourth-order valence-corrected chi connectivity index (χ4v) is 5.66. The number of primary amides is 1. The number of nitrogens with two attached hydrogens (primary N) is 2. The molecule has 0 radical (unpaired) electrons. The second-order valence-electron chi connectivity index (χ2n) is 9.49. The van der Waals surface area contributed by atoms with Crippen molar-refractivity contribution in [2.45, 2.75) is 38.3 Å². The lowest BCUT2D eigenvalue weighted by Crippen LogP contribution is -2.59. The molecule has 0 saturated carbocycles. The molecule has 9 heteroatoms. The molecule has 9 nitrogen and oxygen atoms in total. The Balaban J connectivity index is 1.20. The number of carbonyl (C=O) groups is 2. The van der Waals surface area contributed by atoms with Crippen LogP contribution in [-0.2, 0) is 16.1 Å². The molecule has 2 bridgehead atoms. The van der Waals surface area contributed by atoms with Crippen LogP contribution in [0, 0.1) is 17.8 Å². The summed E-state index contributed by atoms with van der Waals surface area (Å²) in [5.41, 5.74) is 13.8. The quantitative estimate of drug-likeness (QED) is 0.672. The lowest BCUT2D eigenvalue weighted by molar-refractivity contribution is -0.146. The Morgan fingerprint density at radius 2 is 1.94 bits per heavy atom. The summed E-state index contributed by atoms with van der Waals surface area (Å²) < 4.78 is 1.91. The Morgan fingerprint density at radius 3 is 2.62 bits per heavy atom. The Bertz CT molecular complexity index is 998. The maximum Gasteiger partial charge on any atom is 0.227 e. The number of carbonyl (C=O) groups excluding carboxylic acids is 2. The first-order valence-corrected chi connectivity index (χ1v) is 11.6. The smallest absolute Gasteiger partial charge is 0.227 e. The number of likely N-dealkylation sites (tertiary alicyclic amines) is 1. The molecule has 2 aromatic rings. The molecule has 0 aliphatic carbocycles.